The average molecular weight is 271 g/mol. The first kappa shape index (κ1) is 11.9. The Morgan fingerprint density at radius 1 is 1.30 bits per heavy atom. The molecule has 104 valence electrons. The van der Waals surface area contributed by atoms with Crippen molar-refractivity contribution in [3.05, 3.63) is 29.6 Å². The number of rotatable bonds is 2. The lowest BCUT2D eigenvalue weighted by atomic mass is 9.97. The number of nitrogens with zero attached hydrogens (tertiary/aromatic N) is 2. The molecule has 0 bridgehead atoms. The summed E-state index contributed by atoms with van der Waals surface area (Å²) in [6.45, 7) is 2.53. The summed E-state index contributed by atoms with van der Waals surface area (Å²) in [6.07, 6.45) is 3.18. The molecule has 1 saturated heterocycles. The molecule has 0 spiro atoms. The molecule has 1 aromatic heterocycles. The van der Waals surface area contributed by atoms with E-state index in [1.807, 2.05) is 6.07 Å². The van der Waals surface area contributed by atoms with Gasteiger partial charge >= 0.3 is 0 Å². The number of fused-ring (bicyclic) bond motifs is 1. The van der Waals surface area contributed by atoms with Gasteiger partial charge in [-0.3, -0.25) is 0 Å². The highest BCUT2D eigenvalue weighted by Crippen LogP contribution is 2.33. The molecule has 2 aliphatic rings. The van der Waals surface area contributed by atoms with Crippen LogP contribution in [0.3, 0.4) is 0 Å². The summed E-state index contributed by atoms with van der Waals surface area (Å²) in [7, 11) is 0. The number of anilines is 1. The average Bonchev–Trinajstić information content (AvgIpc) is 3.17. The van der Waals surface area contributed by atoms with Crippen LogP contribution in [0.4, 0.5) is 5.69 Å². The highest BCUT2D eigenvalue weighted by molar-refractivity contribution is 5.69. The fourth-order valence-electron chi connectivity index (χ4n) is 2.96. The summed E-state index contributed by atoms with van der Waals surface area (Å²) < 4.78 is 10.9. The van der Waals surface area contributed by atoms with Gasteiger partial charge in [-0.1, -0.05) is 11.2 Å². The fourth-order valence-corrected chi connectivity index (χ4v) is 2.96. The molecular weight excluding hydrogens is 254 g/mol. The Bertz CT molecular complexity index is 617. The van der Waals surface area contributed by atoms with E-state index in [9.17, 15) is 0 Å². The van der Waals surface area contributed by atoms with Crippen molar-refractivity contribution in [1.29, 1.82) is 0 Å². The molecule has 0 saturated carbocycles. The van der Waals surface area contributed by atoms with Crippen molar-refractivity contribution in [2.45, 2.75) is 25.2 Å². The van der Waals surface area contributed by atoms with Gasteiger partial charge in [0.1, 0.15) is 0 Å². The summed E-state index contributed by atoms with van der Waals surface area (Å²) in [5.41, 5.74) is 3.54. The molecule has 4 rings (SSSR count). The van der Waals surface area contributed by atoms with Gasteiger partial charge in [0.05, 0.1) is 6.61 Å². The van der Waals surface area contributed by atoms with Crippen molar-refractivity contribution >= 4 is 5.69 Å². The van der Waals surface area contributed by atoms with E-state index in [0.717, 1.165) is 43.8 Å². The zero-order chi connectivity index (χ0) is 13.4. The molecule has 1 N–H and O–H groups in total. The van der Waals surface area contributed by atoms with Crippen molar-refractivity contribution in [2.75, 3.05) is 25.1 Å². The standard InChI is InChI=1S/C15H17N3O2/c1-3-12(11-4-2-7-16-13(11)5-1)15-17-14(18-20-15)10-6-8-19-9-10/h1,3,5,10,16H,2,4,6-9H2. The lowest BCUT2D eigenvalue weighted by molar-refractivity contribution is 0.192. The minimum Gasteiger partial charge on any atom is -0.385 e. The number of nitrogens with one attached hydrogen (secondary N) is 1. The molecule has 2 aromatic rings. The topological polar surface area (TPSA) is 60.2 Å². The van der Waals surface area contributed by atoms with E-state index in [-0.39, 0.29) is 5.92 Å². The van der Waals surface area contributed by atoms with Crippen LogP contribution in [0.25, 0.3) is 11.5 Å². The van der Waals surface area contributed by atoms with E-state index >= 15 is 0 Å². The summed E-state index contributed by atoms with van der Waals surface area (Å²) in [4.78, 5) is 4.59. The van der Waals surface area contributed by atoms with Gasteiger partial charge in [-0.25, -0.2) is 0 Å². The highest BCUT2D eigenvalue weighted by Gasteiger charge is 2.24. The van der Waals surface area contributed by atoms with Gasteiger partial charge in [-0.2, -0.15) is 4.98 Å². The first-order chi connectivity index (χ1) is 9.92. The summed E-state index contributed by atoms with van der Waals surface area (Å²) >= 11 is 0. The zero-order valence-corrected chi connectivity index (χ0v) is 11.3. The van der Waals surface area contributed by atoms with Crippen molar-refractivity contribution in [3.63, 3.8) is 0 Å². The van der Waals surface area contributed by atoms with Gasteiger partial charge in [0.15, 0.2) is 5.82 Å². The fraction of sp³-hybridized carbons (Fsp3) is 0.467. The van der Waals surface area contributed by atoms with Gasteiger partial charge in [-0.05, 0) is 37.0 Å². The maximum atomic E-state index is 5.48. The van der Waals surface area contributed by atoms with E-state index in [1.165, 1.54) is 11.3 Å². The third kappa shape index (κ3) is 1.98. The van der Waals surface area contributed by atoms with E-state index in [1.54, 1.807) is 0 Å². The third-order valence-corrected chi connectivity index (χ3v) is 4.06. The Balaban J connectivity index is 1.70. The second kappa shape index (κ2) is 4.90. The Kier molecular flexibility index (Phi) is 2.92. The van der Waals surface area contributed by atoms with E-state index < -0.39 is 0 Å². The molecule has 1 aromatic carbocycles. The number of hydrogen-bond donors (Lipinski definition) is 1. The van der Waals surface area contributed by atoms with E-state index in [4.69, 9.17) is 9.26 Å². The summed E-state index contributed by atoms with van der Waals surface area (Å²) in [5.74, 6) is 1.69. The second-order valence-electron chi connectivity index (χ2n) is 5.38. The number of benzene rings is 1. The van der Waals surface area contributed by atoms with Crippen LogP contribution in [0.1, 0.15) is 30.1 Å². The summed E-state index contributed by atoms with van der Waals surface area (Å²) in [6, 6.07) is 6.21. The molecule has 1 atom stereocenters. The van der Waals surface area contributed by atoms with Crippen LogP contribution < -0.4 is 5.32 Å². The van der Waals surface area contributed by atoms with E-state index in [2.05, 4.69) is 27.6 Å². The Labute approximate surface area is 117 Å². The molecule has 2 aliphatic heterocycles. The molecule has 1 fully saturated rings. The number of aromatic nitrogens is 2. The molecule has 3 heterocycles. The van der Waals surface area contributed by atoms with Crippen molar-refractivity contribution in [1.82, 2.24) is 10.1 Å². The van der Waals surface area contributed by atoms with E-state index in [0.29, 0.717) is 12.5 Å². The van der Waals surface area contributed by atoms with Crippen LogP contribution in [0.2, 0.25) is 0 Å². The third-order valence-electron chi connectivity index (χ3n) is 4.06. The minimum absolute atomic E-state index is 0.283. The van der Waals surface area contributed by atoms with Gasteiger partial charge in [0.25, 0.3) is 5.89 Å². The van der Waals surface area contributed by atoms with Crippen LogP contribution in [0, 0.1) is 0 Å². The quantitative estimate of drug-likeness (QED) is 0.909. The molecule has 0 amide bonds. The van der Waals surface area contributed by atoms with Gasteiger partial charge in [0, 0.05) is 30.3 Å². The lowest BCUT2D eigenvalue weighted by Crippen LogP contribution is -2.12. The van der Waals surface area contributed by atoms with Gasteiger partial charge < -0.3 is 14.6 Å². The normalized spacial score (nSPS) is 21.5. The van der Waals surface area contributed by atoms with Crippen LogP contribution in [0.15, 0.2) is 22.7 Å². The summed E-state index contributed by atoms with van der Waals surface area (Å²) in [5, 5.41) is 7.56. The molecule has 1 unspecified atom stereocenters. The molecule has 5 nitrogen and oxygen atoms in total. The first-order valence-electron chi connectivity index (χ1n) is 7.19. The highest BCUT2D eigenvalue weighted by atomic mass is 16.5. The molecule has 20 heavy (non-hydrogen) atoms. The SMILES string of the molecule is c1cc2c(c(-c3nc(C4CCOC4)no3)c1)CCCN2. The maximum Gasteiger partial charge on any atom is 0.258 e. The Hall–Kier alpha value is -1.88. The molecule has 0 radical (unpaired) electrons. The molecule has 5 heteroatoms. The largest absolute Gasteiger partial charge is 0.385 e. The Morgan fingerprint density at radius 3 is 3.20 bits per heavy atom. The monoisotopic (exact) mass is 271 g/mol. The van der Waals surface area contributed by atoms with Crippen LogP contribution in [-0.4, -0.2) is 29.9 Å². The van der Waals surface area contributed by atoms with Gasteiger partial charge in [0.2, 0.25) is 0 Å². The number of hydrogen-bond acceptors (Lipinski definition) is 5. The predicted molar refractivity (Wildman–Crippen MR) is 74.7 cm³/mol. The molecular formula is C15H17N3O2. The van der Waals surface area contributed by atoms with Gasteiger partial charge in [-0.15, -0.1) is 0 Å². The maximum absolute atomic E-state index is 5.48. The van der Waals surface area contributed by atoms with Crippen molar-refractivity contribution in [3.8, 4) is 11.5 Å². The molecule has 0 aliphatic carbocycles. The predicted octanol–water partition coefficient (Wildman–Crippen LogP) is 2.60. The van der Waals surface area contributed by atoms with Crippen LogP contribution >= 0.6 is 0 Å². The lowest BCUT2D eigenvalue weighted by Gasteiger charge is -2.19. The van der Waals surface area contributed by atoms with Crippen molar-refractivity contribution in [2.24, 2.45) is 0 Å². The Morgan fingerprint density at radius 2 is 2.30 bits per heavy atom. The smallest absolute Gasteiger partial charge is 0.258 e. The minimum atomic E-state index is 0.283. The number of ether oxygens (including phenoxy) is 1. The van der Waals surface area contributed by atoms with Crippen LogP contribution in [-0.2, 0) is 11.2 Å². The second-order valence-corrected chi connectivity index (χ2v) is 5.38. The van der Waals surface area contributed by atoms with Crippen molar-refractivity contribution < 1.29 is 9.26 Å². The first-order valence-corrected chi connectivity index (χ1v) is 7.19. The zero-order valence-electron chi connectivity index (χ0n) is 11.3. The van der Waals surface area contributed by atoms with Crippen LogP contribution in [0.5, 0.6) is 0 Å².